The average Bonchev–Trinajstić information content (AvgIpc) is 3.13. The zero-order chi connectivity index (χ0) is 23.4. The van der Waals surface area contributed by atoms with Crippen molar-refractivity contribution in [3.8, 4) is 5.75 Å². The molecule has 0 fully saturated rings. The fourth-order valence-corrected chi connectivity index (χ4v) is 3.97. The van der Waals surface area contributed by atoms with Crippen LogP contribution in [-0.2, 0) is 13.2 Å². The summed E-state index contributed by atoms with van der Waals surface area (Å²) in [5, 5.41) is 7.71. The van der Waals surface area contributed by atoms with Crippen LogP contribution in [0, 0.1) is 5.82 Å². The van der Waals surface area contributed by atoms with Crippen LogP contribution < -0.4 is 10.1 Å². The summed E-state index contributed by atoms with van der Waals surface area (Å²) < 4.78 is 22.0. The van der Waals surface area contributed by atoms with Crippen molar-refractivity contribution < 1.29 is 13.9 Å². The number of hydrogen-bond acceptors (Lipinski definition) is 3. The van der Waals surface area contributed by atoms with E-state index in [2.05, 4.69) is 26.3 Å². The Hall–Kier alpha value is -2.87. The second-order valence-corrected chi connectivity index (χ2v) is 8.86. The van der Waals surface area contributed by atoms with E-state index in [-0.39, 0.29) is 29.1 Å². The molecule has 1 aromatic heterocycles. The lowest BCUT2D eigenvalue weighted by Gasteiger charge is -2.09. The maximum atomic E-state index is 13.9. The van der Waals surface area contributed by atoms with Gasteiger partial charge in [0.05, 0.1) is 11.6 Å². The van der Waals surface area contributed by atoms with E-state index in [1.54, 1.807) is 54.6 Å². The van der Waals surface area contributed by atoms with Crippen LogP contribution >= 0.6 is 39.1 Å². The predicted molar refractivity (Wildman–Crippen MR) is 131 cm³/mol. The van der Waals surface area contributed by atoms with E-state index in [0.717, 1.165) is 10.0 Å². The van der Waals surface area contributed by atoms with Gasteiger partial charge in [0.15, 0.2) is 5.82 Å². The molecular formula is C24H17BrCl2FN3O2. The SMILES string of the molecule is O=C(Nc1nn(Cc2ccccc2F)cc1Cl)c1ccc(COc2ccc(Br)cc2Cl)cc1. The van der Waals surface area contributed by atoms with Crippen LogP contribution in [0.4, 0.5) is 10.2 Å². The predicted octanol–water partition coefficient (Wildman–Crippen LogP) is 6.97. The molecule has 5 nitrogen and oxygen atoms in total. The van der Waals surface area contributed by atoms with Crippen molar-refractivity contribution in [1.82, 2.24) is 9.78 Å². The van der Waals surface area contributed by atoms with E-state index in [0.29, 0.717) is 28.5 Å². The van der Waals surface area contributed by atoms with Crippen LogP contribution in [-0.4, -0.2) is 15.7 Å². The molecule has 0 unspecified atom stereocenters. The summed E-state index contributed by atoms with van der Waals surface area (Å²) in [6.07, 6.45) is 1.54. The van der Waals surface area contributed by atoms with Crippen LogP contribution in [0.2, 0.25) is 10.0 Å². The van der Waals surface area contributed by atoms with Gasteiger partial charge in [0.25, 0.3) is 5.91 Å². The third kappa shape index (κ3) is 5.93. The Morgan fingerprint density at radius 3 is 2.55 bits per heavy atom. The van der Waals surface area contributed by atoms with E-state index >= 15 is 0 Å². The van der Waals surface area contributed by atoms with Crippen molar-refractivity contribution in [2.75, 3.05) is 5.32 Å². The molecule has 0 bridgehead atoms. The average molecular weight is 549 g/mol. The standard InChI is InChI=1S/C24H17BrCl2FN3O2/c25-18-9-10-22(19(26)11-18)33-14-15-5-7-16(8-6-15)24(32)29-23-20(27)13-31(30-23)12-17-3-1-2-4-21(17)28/h1-11,13H,12,14H2,(H,29,30,32). The molecule has 4 aromatic rings. The number of carbonyl (C=O) groups excluding carboxylic acids is 1. The smallest absolute Gasteiger partial charge is 0.256 e. The van der Waals surface area contributed by atoms with E-state index in [1.165, 1.54) is 16.9 Å². The van der Waals surface area contributed by atoms with Crippen LogP contribution in [0.15, 0.2) is 77.4 Å². The highest BCUT2D eigenvalue weighted by Crippen LogP contribution is 2.28. The van der Waals surface area contributed by atoms with Gasteiger partial charge < -0.3 is 10.1 Å². The van der Waals surface area contributed by atoms with Crippen LogP contribution in [0.5, 0.6) is 5.75 Å². The molecule has 0 atom stereocenters. The minimum Gasteiger partial charge on any atom is -0.487 e. The number of aromatic nitrogens is 2. The Balaban J connectivity index is 1.37. The fourth-order valence-electron chi connectivity index (χ4n) is 3.05. The number of anilines is 1. The molecule has 1 heterocycles. The number of nitrogens with one attached hydrogen (secondary N) is 1. The highest BCUT2D eigenvalue weighted by Gasteiger charge is 2.14. The first-order chi connectivity index (χ1) is 15.9. The molecule has 0 aliphatic rings. The first-order valence-corrected chi connectivity index (χ1v) is 11.4. The van der Waals surface area contributed by atoms with Gasteiger partial charge in [0, 0.05) is 21.8 Å². The molecule has 0 saturated carbocycles. The van der Waals surface area contributed by atoms with Gasteiger partial charge in [-0.15, -0.1) is 0 Å². The Kier molecular flexibility index (Phi) is 7.33. The second kappa shape index (κ2) is 10.4. The molecule has 1 amide bonds. The minimum atomic E-state index is -0.364. The summed E-state index contributed by atoms with van der Waals surface area (Å²) in [6.45, 7) is 0.495. The van der Waals surface area contributed by atoms with Gasteiger partial charge in [0.1, 0.15) is 23.2 Å². The number of ether oxygens (including phenoxy) is 1. The van der Waals surface area contributed by atoms with Gasteiger partial charge in [-0.1, -0.05) is 69.5 Å². The molecule has 9 heteroatoms. The van der Waals surface area contributed by atoms with Gasteiger partial charge in [-0.2, -0.15) is 5.10 Å². The van der Waals surface area contributed by atoms with E-state index < -0.39 is 0 Å². The van der Waals surface area contributed by atoms with Gasteiger partial charge in [-0.05, 0) is 42.0 Å². The Morgan fingerprint density at radius 2 is 1.82 bits per heavy atom. The number of hydrogen-bond donors (Lipinski definition) is 1. The van der Waals surface area contributed by atoms with Crippen molar-refractivity contribution in [2.45, 2.75) is 13.2 Å². The van der Waals surface area contributed by atoms with Crippen LogP contribution in [0.25, 0.3) is 0 Å². The van der Waals surface area contributed by atoms with Gasteiger partial charge >= 0.3 is 0 Å². The van der Waals surface area contributed by atoms with E-state index in [4.69, 9.17) is 27.9 Å². The molecule has 3 aromatic carbocycles. The van der Waals surface area contributed by atoms with Crippen molar-refractivity contribution >= 4 is 50.9 Å². The van der Waals surface area contributed by atoms with Gasteiger partial charge in [-0.3, -0.25) is 9.48 Å². The Morgan fingerprint density at radius 1 is 1.06 bits per heavy atom. The molecule has 0 aliphatic carbocycles. The molecular weight excluding hydrogens is 532 g/mol. The summed E-state index contributed by atoms with van der Waals surface area (Å²) >= 11 is 15.7. The maximum Gasteiger partial charge on any atom is 0.256 e. The van der Waals surface area contributed by atoms with E-state index in [9.17, 15) is 9.18 Å². The second-order valence-electron chi connectivity index (χ2n) is 7.13. The summed E-state index contributed by atoms with van der Waals surface area (Å²) in [4.78, 5) is 12.6. The number of benzene rings is 3. The monoisotopic (exact) mass is 547 g/mol. The molecule has 1 N–H and O–H groups in total. The lowest BCUT2D eigenvalue weighted by atomic mass is 10.1. The van der Waals surface area contributed by atoms with Crippen molar-refractivity contribution in [3.05, 3.63) is 110 Å². The highest BCUT2D eigenvalue weighted by molar-refractivity contribution is 9.10. The zero-order valence-electron chi connectivity index (χ0n) is 17.1. The minimum absolute atomic E-state index is 0.194. The molecule has 0 spiro atoms. The van der Waals surface area contributed by atoms with Crippen LogP contribution in [0.1, 0.15) is 21.5 Å². The summed E-state index contributed by atoms with van der Waals surface area (Å²) in [7, 11) is 0. The maximum absolute atomic E-state index is 13.9. The quantitative estimate of drug-likeness (QED) is 0.271. The fraction of sp³-hybridized carbons (Fsp3) is 0.0833. The number of nitrogens with zero attached hydrogens (tertiary/aromatic N) is 2. The lowest BCUT2D eigenvalue weighted by Crippen LogP contribution is -2.13. The zero-order valence-corrected chi connectivity index (χ0v) is 20.2. The first-order valence-electron chi connectivity index (χ1n) is 9.83. The van der Waals surface area contributed by atoms with Gasteiger partial charge in [0.2, 0.25) is 0 Å². The number of rotatable bonds is 7. The lowest BCUT2D eigenvalue weighted by molar-refractivity contribution is 0.102. The number of carbonyl (C=O) groups is 1. The first kappa shape index (κ1) is 23.3. The molecule has 0 radical (unpaired) electrons. The molecule has 0 aliphatic heterocycles. The Bertz CT molecular complexity index is 1300. The topological polar surface area (TPSA) is 56.2 Å². The summed E-state index contributed by atoms with van der Waals surface area (Å²) in [5.74, 6) is 0.0789. The summed E-state index contributed by atoms with van der Waals surface area (Å²) in [6, 6.07) is 18.7. The Labute approximate surface area is 208 Å². The largest absolute Gasteiger partial charge is 0.487 e. The third-order valence-electron chi connectivity index (χ3n) is 4.74. The van der Waals surface area contributed by atoms with Crippen molar-refractivity contribution in [3.63, 3.8) is 0 Å². The number of amides is 1. The number of halogens is 4. The van der Waals surface area contributed by atoms with E-state index in [1.807, 2.05) is 6.07 Å². The normalized spacial score (nSPS) is 10.8. The third-order valence-corrected chi connectivity index (χ3v) is 5.81. The van der Waals surface area contributed by atoms with Gasteiger partial charge in [-0.25, -0.2) is 4.39 Å². The van der Waals surface area contributed by atoms with Crippen molar-refractivity contribution in [1.29, 1.82) is 0 Å². The highest BCUT2D eigenvalue weighted by atomic mass is 79.9. The van der Waals surface area contributed by atoms with Crippen LogP contribution in [0.3, 0.4) is 0 Å². The molecule has 0 saturated heterocycles. The molecule has 168 valence electrons. The summed E-state index contributed by atoms with van der Waals surface area (Å²) in [5.41, 5.74) is 1.77. The molecule has 4 rings (SSSR count). The van der Waals surface area contributed by atoms with Crippen molar-refractivity contribution in [2.24, 2.45) is 0 Å². The molecule has 33 heavy (non-hydrogen) atoms.